The summed E-state index contributed by atoms with van der Waals surface area (Å²) in [6.07, 6.45) is 2.76. The summed E-state index contributed by atoms with van der Waals surface area (Å²) in [6, 6.07) is 2.56. The second kappa shape index (κ2) is 4.14. The van der Waals surface area contributed by atoms with Gasteiger partial charge in [0, 0.05) is 18.5 Å². The van der Waals surface area contributed by atoms with Crippen LogP contribution in [0, 0.1) is 0 Å². The SMILES string of the molecule is CC(C)N1CCC(c2cc(N)cnn2)C1. The topological polar surface area (TPSA) is 55.0 Å². The van der Waals surface area contributed by atoms with Gasteiger partial charge in [-0.2, -0.15) is 10.2 Å². The molecule has 2 heterocycles. The summed E-state index contributed by atoms with van der Waals surface area (Å²) in [5, 5.41) is 8.06. The minimum Gasteiger partial charge on any atom is -0.397 e. The minimum absolute atomic E-state index is 0.503. The van der Waals surface area contributed by atoms with Crippen molar-refractivity contribution in [1.82, 2.24) is 15.1 Å². The molecule has 0 amide bonds. The lowest BCUT2D eigenvalue weighted by Gasteiger charge is -2.19. The van der Waals surface area contributed by atoms with E-state index in [1.165, 1.54) is 0 Å². The molecule has 0 bridgehead atoms. The highest BCUT2D eigenvalue weighted by Gasteiger charge is 2.26. The molecule has 1 aliphatic heterocycles. The van der Waals surface area contributed by atoms with Gasteiger partial charge in [0.05, 0.1) is 17.6 Å². The molecule has 0 saturated carbocycles. The molecule has 1 atom stereocenters. The Hall–Kier alpha value is -1.16. The minimum atomic E-state index is 0.503. The monoisotopic (exact) mass is 206 g/mol. The van der Waals surface area contributed by atoms with Crippen LogP contribution < -0.4 is 5.73 Å². The Kier molecular flexibility index (Phi) is 2.86. The van der Waals surface area contributed by atoms with Crippen molar-refractivity contribution in [2.75, 3.05) is 18.8 Å². The van der Waals surface area contributed by atoms with E-state index in [1.807, 2.05) is 6.07 Å². The van der Waals surface area contributed by atoms with Crippen molar-refractivity contribution in [2.45, 2.75) is 32.2 Å². The predicted molar refractivity (Wildman–Crippen MR) is 60.5 cm³/mol. The lowest BCUT2D eigenvalue weighted by Crippen LogP contribution is -2.28. The van der Waals surface area contributed by atoms with Gasteiger partial charge in [0.2, 0.25) is 0 Å². The van der Waals surface area contributed by atoms with Crippen LogP contribution in [-0.4, -0.2) is 34.2 Å². The van der Waals surface area contributed by atoms with Crippen LogP contribution >= 0.6 is 0 Å². The van der Waals surface area contributed by atoms with Crippen LogP contribution in [0.3, 0.4) is 0 Å². The Morgan fingerprint density at radius 1 is 1.53 bits per heavy atom. The average Bonchev–Trinajstić information content (AvgIpc) is 2.66. The molecular formula is C11H18N4. The highest BCUT2D eigenvalue weighted by molar-refractivity contribution is 5.35. The fourth-order valence-corrected chi connectivity index (χ4v) is 2.10. The van der Waals surface area contributed by atoms with E-state index >= 15 is 0 Å². The number of hydrogen-bond donors (Lipinski definition) is 1. The number of hydrogen-bond acceptors (Lipinski definition) is 4. The lowest BCUT2D eigenvalue weighted by molar-refractivity contribution is 0.272. The third-order valence-corrected chi connectivity index (χ3v) is 3.06. The first-order valence-electron chi connectivity index (χ1n) is 5.49. The van der Waals surface area contributed by atoms with Gasteiger partial charge in [-0.15, -0.1) is 0 Å². The summed E-state index contributed by atoms with van der Waals surface area (Å²) in [4.78, 5) is 2.47. The molecule has 2 rings (SSSR count). The van der Waals surface area contributed by atoms with Crippen LogP contribution in [-0.2, 0) is 0 Å². The first-order chi connectivity index (χ1) is 7.16. The Labute approximate surface area is 90.5 Å². The van der Waals surface area contributed by atoms with E-state index in [0.717, 1.165) is 25.2 Å². The highest BCUT2D eigenvalue weighted by atomic mass is 15.2. The molecule has 0 aromatic carbocycles. The summed E-state index contributed by atoms with van der Waals surface area (Å²) >= 11 is 0. The second-order valence-corrected chi connectivity index (χ2v) is 4.49. The van der Waals surface area contributed by atoms with Crippen LogP contribution in [0.2, 0.25) is 0 Å². The zero-order chi connectivity index (χ0) is 10.8. The van der Waals surface area contributed by atoms with E-state index in [2.05, 4.69) is 28.9 Å². The summed E-state index contributed by atoms with van der Waals surface area (Å²) < 4.78 is 0. The van der Waals surface area contributed by atoms with E-state index in [4.69, 9.17) is 5.73 Å². The number of nitrogen functional groups attached to an aromatic ring is 1. The van der Waals surface area contributed by atoms with Crippen molar-refractivity contribution in [2.24, 2.45) is 0 Å². The zero-order valence-corrected chi connectivity index (χ0v) is 9.35. The summed E-state index contributed by atoms with van der Waals surface area (Å²) in [6.45, 7) is 6.69. The molecule has 15 heavy (non-hydrogen) atoms. The molecule has 1 aromatic heterocycles. The van der Waals surface area contributed by atoms with E-state index in [9.17, 15) is 0 Å². The molecule has 1 saturated heterocycles. The molecule has 82 valence electrons. The van der Waals surface area contributed by atoms with Gasteiger partial charge in [-0.25, -0.2) is 0 Å². The fourth-order valence-electron chi connectivity index (χ4n) is 2.10. The van der Waals surface area contributed by atoms with Gasteiger partial charge in [-0.05, 0) is 32.9 Å². The normalized spacial score (nSPS) is 22.5. The van der Waals surface area contributed by atoms with Crippen LogP contribution in [0.25, 0.3) is 0 Å². The van der Waals surface area contributed by atoms with Gasteiger partial charge in [-0.3, -0.25) is 0 Å². The molecule has 4 heteroatoms. The maximum Gasteiger partial charge on any atom is 0.0726 e. The Morgan fingerprint density at radius 3 is 2.93 bits per heavy atom. The molecule has 1 aliphatic rings. The molecule has 0 radical (unpaired) electrons. The van der Waals surface area contributed by atoms with Gasteiger partial charge in [0.15, 0.2) is 0 Å². The first-order valence-corrected chi connectivity index (χ1v) is 5.49. The van der Waals surface area contributed by atoms with Crippen molar-refractivity contribution in [3.05, 3.63) is 18.0 Å². The first kappa shape index (κ1) is 10.4. The van der Waals surface area contributed by atoms with Gasteiger partial charge in [0.25, 0.3) is 0 Å². The van der Waals surface area contributed by atoms with Gasteiger partial charge in [0.1, 0.15) is 0 Å². The molecule has 0 spiro atoms. The quantitative estimate of drug-likeness (QED) is 0.791. The number of anilines is 1. The number of rotatable bonds is 2. The van der Waals surface area contributed by atoms with E-state index in [1.54, 1.807) is 6.20 Å². The maximum absolute atomic E-state index is 5.70. The highest BCUT2D eigenvalue weighted by Crippen LogP contribution is 2.27. The Bertz CT molecular complexity index is 337. The molecule has 1 fully saturated rings. The molecule has 2 N–H and O–H groups in total. The van der Waals surface area contributed by atoms with Crippen LogP contribution in [0.1, 0.15) is 31.9 Å². The van der Waals surface area contributed by atoms with Crippen LogP contribution in [0.5, 0.6) is 0 Å². The van der Waals surface area contributed by atoms with Crippen molar-refractivity contribution < 1.29 is 0 Å². The van der Waals surface area contributed by atoms with Crippen LogP contribution in [0.15, 0.2) is 12.3 Å². The van der Waals surface area contributed by atoms with E-state index in [-0.39, 0.29) is 0 Å². The molecular weight excluding hydrogens is 188 g/mol. The third-order valence-electron chi connectivity index (χ3n) is 3.06. The Morgan fingerprint density at radius 2 is 2.33 bits per heavy atom. The largest absolute Gasteiger partial charge is 0.397 e. The van der Waals surface area contributed by atoms with E-state index < -0.39 is 0 Å². The summed E-state index contributed by atoms with van der Waals surface area (Å²) in [5.41, 5.74) is 7.46. The third kappa shape index (κ3) is 2.26. The predicted octanol–water partition coefficient (Wildman–Crippen LogP) is 1.26. The smallest absolute Gasteiger partial charge is 0.0726 e. The summed E-state index contributed by atoms with van der Waals surface area (Å²) in [7, 11) is 0. The number of nitrogens with two attached hydrogens (primary N) is 1. The second-order valence-electron chi connectivity index (χ2n) is 4.49. The standard InChI is InChI=1S/C11H18N4/c1-8(2)15-4-3-9(7-15)11-5-10(12)6-13-14-11/h5-6,8-9H,3-4,7H2,1-2H3,(H2,12,14). The van der Waals surface area contributed by atoms with Gasteiger partial charge < -0.3 is 10.6 Å². The van der Waals surface area contributed by atoms with E-state index in [0.29, 0.717) is 17.6 Å². The zero-order valence-electron chi connectivity index (χ0n) is 9.35. The number of nitrogens with zero attached hydrogens (tertiary/aromatic N) is 3. The number of aromatic nitrogens is 2. The van der Waals surface area contributed by atoms with Gasteiger partial charge in [-0.1, -0.05) is 0 Å². The lowest BCUT2D eigenvalue weighted by atomic mass is 10.0. The van der Waals surface area contributed by atoms with Crippen LogP contribution in [0.4, 0.5) is 5.69 Å². The maximum atomic E-state index is 5.70. The van der Waals surface area contributed by atoms with Gasteiger partial charge >= 0.3 is 0 Å². The van der Waals surface area contributed by atoms with Crippen molar-refractivity contribution in [1.29, 1.82) is 0 Å². The van der Waals surface area contributed by atoms with Crippen molar-refractivity contribution in [3.8, 4) is 0 Å². The van der Waals surface area contributed by atoms with Crippen molar-refractivity contribution in [3.63, 3.8) is 0 Å². The fraction of sp³-hybridized carbons (Fsp3) is 0.636. The molecule has 1 unspecified atom stereocenters. The van der Waals surface area contributed by atoms with Crippen molar-refractivity contribution >= 4 is 5.69 Å². The summed E-state index contributed by atoms with van der Waals surface area (Å²) in [5.74, 6) is 0.503. The Balaban J connectivity index is 2.08. The molecule has 0 aliphatic carbocycles. The molecule has 1 aromatic rings. The number of likely N-dealkylation sites (tertiary alicyclic amines) is 1. The molecule has 4 nitrogen and oxygen atoms in total. The average molecular weight is 206 g/mol.